The van der Waals surface area contributed by atoms with Crippen molar-refractivity contribution in [1.82, 2.24) is 16.0 Å². The molecule has 0 saturated heterocycles. The topological polar surface area (TPSA) is 151 Å². The van der Waals surface area contributed by atoms with Crippen LogP contribution in [0.25, 0.3) is 0 Å². The summed E-state index contributed by atoms with van der Waals surface area (Å²) in [5.74, 6) is -2.97. The second kappa shape index (κ2) is 12.8. The number of nitrogens with one attached hydrogen (secondary N) is 3. The van der Waals surface area contributed by atoms with Crippen molar-refractivity contribution in [3.63, 3.8) is 0 Å². The van der Waals surface area contributed by atoms with E-state index in [2.05, 4.69) is 16.0 Å². The van der Waals surface area contributed by atoms with Crippen LogP contribution in [0.15, 0.2) is 30.3 Å². The zero-order valence-electron chi connectivity index (χ0n) is 19.4. The van der Waals surface area contributed by atoms with Crippen LogP contribution in [0.4, 0.5) is 0 Å². The van der Waals surface area contributed by atoms with Gasteiger partial charge in [0.1, 0.15) is 18.1 Å². The molecular weight excluding hydrogens is 412 g/mol. The molecule has 6 N–H and O–H groups in total. The minimum absolute atomic E-state index is 0.0531. The Morgan fingerprint density at radius 2 is 1.41 bits per heavy atom. The number of carboxylic acid groups (broad SMARTS) is 1. The molecule has 0 aromatic heterocycles. The Kier molecular flexibility index (Phi) is 10.8. The fourth-order valence-corrected chi connectivity index (χ4v) is 3.11. The minimum atomic E-state index is -1.14. The summed E-state index contributed by atoms with van der Waals surface area (Å²) < 4.78 is 0. The number of aliphatic carboxylic acids is 1. The van der Waals surface area contributed by atoms with Gasteiger partial charge in [-0.3, -0.25) is 14.4 Å². The van der Waals surface area contributed by atoms with Gasteiger partial charge in [-0.2, -0.15) is 0 Å². The summed E-state index contributed by atoms with van der Waals surface area (Å²) in [7, 11) is 0. The summed E-state index contributed by atoms with van der Waals surface area (Å²) in [6, 6.07) is 5.29. The Morgan fingerprint density at radius 1 is 0.844 bits per heavy atom. The maximum absolute atomic E-state index is 13.0. The number of hydrogen-bond acceptors (Lipinski definition) is 5. The van der Waals surface area contributed by atoms with E-state index in [1.165, 1.54) is 6.92 Å². The van der Waals surface area contributed by atoms with E-state index in [9.17, 15) is 24.3 Å². The summed E-state index contributed by atoms with van der Waals surface area (Å²) in [4.78, 5) is 49.6. The van der Waals surface area contributed by atoms with Crippen LogP contribution >= 0.6 is 0 Å². The first-order valence-electron chi connectivity index (χ1n) is 10.9. The fraction of sp³-hybridized carbons (Fsp3) is 0.565. The third-order valence-electron chi connectivity index (χ3n) is 4.90. The smallest absolute Gasteiger partial charge is 0.326 e. The summed E-state index contributed by atoms with van der Waals surface area (Å²) in [5, 5.41) is 17.3. The number of carbonyl (C=O) groups excluding carboxylic acids is 3. The Balaban J connectivity index is 3.08. The van der Waals surface area contributed by atoms with E-state index >= 15 is 0 Å². The van der Waals surface area contributed by atoms with Crippen molar-refractivity contribution in [2.45, 2.75) is 71.6 Å². The molecule has 0 spiro atoms. The molecule has 4 unspecified atom stereocenters. The third-order valence-corrected chi connectivity index (χ3v) is 4.90. The largest absolute Gasteiger partial charge is 0.480 e. The van der Waals surface area contributed by atoms with Gasteiger partial charge < -0.3 is 26.8 Å². The maximum atomic E-state index is 13.0. The molecule has 0 bridgehead atoms. The van der Waals surface area contributed by atoms with Crippen molar-refractivity contribution in [2.24, 2.45) is 17.6 Å². The van der Waals surface area contributed by atoms with Gasteiger partial charge in [-0.1, -0.05) is 58.0 Å². The highest BCUT2D eigenvalue weighted by Crippen LogP contribution is 2.09. The first-order valence-corrected chi connectivity index (χ1v) is 10.9. The first kappa shape index (κ1) is 27.1. The highest BCUT2D eigenvalue weighted by atomic mass is 16.4. The van der Waals surface area contributed by atoms with E-state index in [4.69, 9.17) is 5.73 Å². The van der Waals surface area contributed by atoms with Gasteiger partial charge in [-0.25, -0.2) is 4.79 Å². The van der Waals surface area contributed by atoms with Gasteiger partial charge in [0.15, 0.2) is 0 Å². The van der Waals surface area contributed by atoms with Crippen molar-refractivity contribution in [1.29, 1.82) is 0 Å². The van der Waals surface area contributed by atoms with E-state index in [-0.39, 0.29) is 24.7 Å². The van der Waals surface area contributed by atoms with Crippen LogP contribution in [-0.2, 0) is 25.6 Å². The standard InChI is InChI=1S/C23H36N4O5/c1-13(2)11-18(23(31)32)26-21(29)17(12-16-9-7-6-8-10-16)25-22(30)19(14(3)4)27-20(28)15(5)24/h6-10,13-15,17-19H,11-12,24H2,1-5H3,(H,25,30)(H,26,29)(H,27,28)(H,31,32). The van der Waals surface area contributed by atoms with Crippen molar-refractivity contribution < 1.29 is 24.3 Å². The van der Waals surface area contributed by atoms with Crippen LogP contribution in [0.1, 0.15) is 46.6 Å². The van der Waals surface area contributed by atoms with Crippen LogP contribution in [0, 0.1) is 11.8 Å². The molecule has 32 heavy (non-hydrogen) atoms. The molecule has 0 heterocycles. The summed E-state index contributed by atoms with van der Waals surface area (Å²) in [6.45, 7) is 8.76. The van der Waals surface area contributed by atoms with E-state index in [1.54, 1.807) is 13.8 Å². The predicted molar refractivity (Wildman–Crippen MR) is 122 cm³/mol. The van der Waals surface area contributed by atoms with E-state index < -0.39 is 47.9 Å². The molecule has 0 aliphatic heterocycles. The number of hydrogen-bond donors (Lipinski definition) is 5. The van der Waals surface area contributed by atoms with Crippen molar-refractivity contribution in [2.75, 3.05) is 0 Å². The molecule has 0 aliphatic rings. The Labute approximate surface area is 189 Å². The molecule has 178 valence electrons. The molecule has 4 atom stereocenters. The monoisotopic (exact) mass is 448 g/mol. The highest BCUT2D eigenvalue weighted by molar-refractivity contribution is 5.94. The number of nitrogens with two attached hydrogens (primary N) is 1. The summed E-state index contributed by atoms with van der Waals surface area (Å²) in [6.07, 6.45) is 0.421. The van der Waals surface area contributed by atoms with Crippen LogP contribution in [0.2, 0.25) is 0 Å². The minimum Gasteiger partial charge on any atom is -0.480 e. The number of benzene rings is 1. The fourth-order valence-electron chi connectivity index (χ4n) is 3.11. The average Bonchev–Trinajstić information content (AvgIpc) is 2.70. The molecule has 0 saturated carbocycles. The average molecular weight is 449 g/mol. The van der Waals surface area contributed by atoms with Crippen LogP contribution in [0.5, 0.6) is 0 Å². The Morgan fingerprint density at radius 3 is 1.88 bits per heavy atom. The van der Waals surface area contributed by atoms with E-state index in [1.807, 2.05) is 44.2 Å². The molecule has 9 heteroatoms. The molecule has 1 aromatic rings. The third kappa shape index (κ3) is 9.05. The Hall–Kier alpha value is -2.94. The van der Waals surface area contributed by atoms with E-state index in [0.29, 0.717) is 0 Å². The molecule has 0 radical (unpaired) electrons. The van der Waals surface area contributed by atoms with Gasteiger partial charge in [0.25, 0.3) is 0 Å². The lowest BCUT2D eigenvalue weighted by Crippen LogP contribution is -2.58. The first-order chi connectivity index (χ1) is 14.9. The van der Waals surface area contributed by atoms with Crippen molar-refractivity contribution >= 4 is 23.7 Å². The zero-order valence-corrected chi connectivity index (χ0v) is 19.4. The molecule has 1 aromatic carbocycles. The normalized spacial score (nSPS) is 14.9. The molecule has 1 rings (SSSR count). The van der Waals surface area contributed by atoms with Crippen molar-refractivity contribution in [3.05, 3.63) is 35.9 Å². The number of amides is 3. The predicted octanol–water partition coefficient (Wildman–Crippen LogP) is 0.817. The lowest BCUT2D eigenvalue weighted by Gasteiger charge is -2.27. The molecule has 9 nitrogen and oxygen atoms in total. The van der Waals surface area contributed by atoms with Gasteiger partial charge >= 0.3 is 5.97 Å². The zero-order chi connectivity index (χ0) is 24.4. The van der Waals surface area contributed by atoms with E-state index in [0.717, 1.165) is 5.56 Å². The Bertz CT molecular complexity index is 780. The molecular formula is C23H36N4O5. The molecule has 3 amide bonds. The second-order valence-electron chi connectivity index (χ2n) is 8.80. The van der Waals surface area contributed by atoms with Gasteiger partial charge in [0.05, 0.1) is 6.04 Å². The molecule has 0 aliphatic carbocycles. The lowest BCUT2D eigenvalue weighted by molar-refractivity contribution is -0.142. The summed E-state index contributed by atoms with van der Waals surface area (Å²) in [5.41, 5.74) is 6.39. The van der Waals surface area contributed by atoms with Gasteiger partial charge in [-0.05, 0) is 30.7 Å². The van der Waals surface area contributed by atoms with Crippen molar-refractivity contribution in [3.8, 4) is 0 Å². The highest BCUT2D eigenvalue weighted by Gasteiger charge is 2.31. The lowest BCUT2D eigenvalue weighted by atomic mass is 9.99. The number of rotatable bonds is 12. The summed E-state index contributed by atoms with van der Waals surface area (Å²) >= 11 is 0. The number of carboxylic acids is 1. The quantitative estimate of drug-likeness (QED) is 0.319. The van der Waals surface area contributed by atoms with Gasteiger partial charge in [0, 0.05) is 6.42 Å². The van der Waals surface area contributed by atoms with Gasteiger partial charge in [-0.15, -0.1) is 0 Å². The molecule has 0 fully saturated rings. The number of carbonyl (C=O) groups is 4. The van der Waals surface area contributed by atoms with Gasteiger partial charge in [0.2, 0.25) is 17.7 Å². The second-order valence-corrected chi connectivity index (χ2v) is 8.80. The SMILES string of the molecule is CC(C)CC(NC(=O)C(Cc1ccccc1)NC(=O)C(NC(=O)C(C)N)C(C)C)C(=O)O. The van der Waals surface area contributed by atoms with Crippen LogP contribution in [0.3, 0.4) is 0 Å². The van der Waals surface area contributed by atoms with Crippen LogP contribution in [-0.4, -0.2) is 53.0 Å². The maximum Gasteiger partial charge on any atom is 0.326 e. The van der Waals surface area contributed by atoms with Crippen LogP contribution < -0.4 is 21.7 Å².